The molecule has 2 rings (SSSR count). The molecule has 0 radical (unpaired) electrons. The molecule has 1 N–H and O–H groups in total. The zero-order chi connectivity index (χ0) is 15.2. The predicted octanol–water partition coefficient (Wildman–Crippen LogP) is 3.05. The first kappa shape index (κ1) is 14.6. The van der Waals surface area contributed by atoms with Gasteiger partial charge in [-0.2, -0.15) is 0 Å². The number of hydrogen-bond acceptors (Lipinski definition) is 3. The summed E-state index contributed by atoms with van der Waals surface area (Å²) in [6.45, 7) is 3.02. The highest BCUT2D eigenvalue weighted by Gasteiger charge is 2.20. The van der Waals surface area contributed by atoms with Crippen molar-refractivity contribution in [1.82, 2.24) is 0 Å². The Morgan fingerprint density at radius 2 is 1.90 bits per heavy atom. The molecule has 0 unspecified atom stereocenters. The van der Waals surface area contributed by atoms with E-state index in [2.05, 4.69) is 6.58 Å². The Kier molecular flexibility index (Phi) is 4.56. The highest BCUT2D eigenvalue weighted by atomic mass is 16.6. The Morgan fingerprint density at radius 3 is 2.57 bits per heavy atom. The van der Waals surface area contributed by atoms with Gasteiger partial charge < -0.3 is 9.84 Å². The summed E-state index contributed by atoms with van der Waals surface area (Å²) in [6, 6.07) is 12.9. The third kappa shape index (κ3) is 3.60. The molecule has 0 bridgehead atoms. The van der Waals surface area contributed by atoms with E-state index >= 15 is 0 Å². The third-order valence-electron chi connectivity index (χ3n) is 2.88. The lowest BCUT2D eigenvalue weighted by atomic mass is 10.1. The van der Waals surface area contributed by atoms with Gasteiger partial charge in [-0.3, -0.25) is 9.69 Å². The quantitative estimate of drug-likeness (QED) is 0.857. The molecule has 2 aromatic carbocycles. The molecule has 0 aliphatic heterocycles. The molecule has 2 aromatic rings. The fourth-order valence-electron chi connectivity index (χ4n) is 1.95. The zero-order valence-corrected chi connectivity index (χ0v) is 11.4. The number of hydrogen-bond donors (Lipinski definition) is 1. The lowest BCUT2D eigenvalue weighted by Crippen LogP contribution is -2.36. The number of fused-ring (bicyclic) bond motifs is 1. The number of carboxylic acids is 1. The van der Waals surface area contributed by atoms with Crippen molar-refractivity contribution in [2.75, 3.05) is 18.1 Å². The van der Waals surface area contributed by atoms with E-state index in [9.17, 15) is 9.59 Å². The molecule has 0 aliphatic carbocycles. The van der Waals surface area contributed by atoms with E-state index in [0.29, 0.717) is 5.69 Å². The topological polar surface area (TPSA) is 66.8 Å². The fourth-order valence-corrected chi connectivity index (χ4v) is 1.95. The van der Waals surface area contributed by atoms with Crippen molar-refractivity contribution in [3.05, 3.63) is 55.1 Å². The summed E-state index contributed by atoms with van der Waals surface area (Å²) in [5, 5.41) is 10.9. The molecular weight excluding hydrogens is 270 g/mol. The molecular formula is C16H15NO4. The normalized spacial score (nSPS) is 10.1. The summed E-state index contributed by atoms with van der Waals surface area (Å²) in [5.74, 6) is -1.11. The van der Waals surface area contributed by atoms with Crippen molar-refractivity contribution in [2.45, 2.75) is 0 Å². The molecule has 5 nitrogen and oxygen atoms in total. The van der Waals surface area contributed by atoms with Crippen LogP contribution in [0, 0.1) is 0 Å². The summed E-state index contributed by atoms with van der Waals surface area (Å²) < 4.78 is 4.93. The van der Waals surface area contributed by atoms with Gasteiger partial charge in [-0.15, -0.1) is 0 Å². The summed E-state index contributed by atoms with van der Waals surface area (Å²) in [6.07, 6.45) is 0.713. The fraction of sp³-hybridized carbons (Fsp3) is 0.125. The van der Waals surface area contributed by atoms with E-state index in [4.69, 9.17) is 9.84 Å². The highest BCUT2D eigenvalue weighted by Crippen LogP contribution is 2.22. The molecule has 0 atom stereocenters. The summed E-state index contributed by atoms with van der Waals surface area (Å²) in [7, 11) is 0. The van der Waals surface area contributed by atoms with Crippen molar-refractivity contribution in [2.24, 2.45) is 0 Å². The maximum atomic E-state index is 12.0. The lowest BCUT2D eigenvalue weighted by molar-refractivity contribution is -0.135. The maximum absolute atomic E-state index is 12.0. The second kappa shape index (κ2) is 6.56. The Balaban J connectivity index is 2.35. The second-order valence-corrected chi connectivity index (χ2v) is 4.38. The van der Waals surface area contributed by atoms with Crippen LogP contribution in [0.25, 0.3) is 10.8 Å². The number of carbonyl (C=O) groups is 2. The van der Waals surface area contributed by atoms with Crippen LogP contribution in [0.2, 0.25) is 0 Å². The van der Waals surface area contributed by atoms with Crippen LogP contribution in [0.1, 0.15) is 0 Å². The second-order valence-electron chi connectivity index (χ2n) is 4.38. The Morgan fingerprint density at radius 1 is 1.19 bits per heavy atom. The highest BCUT2D eigenvalue weighted by molar-refractivity contribution is 5.96. The molecule has 1 amide bonds. The van der Waals surface area contributed by atoms with Gasteiger partial charge in [-0.1, -0.05) is 43.0 Å². The molecule has 0 spiro atoms. The van der Waals surface area contributed by atoms with Crippen LogP contribution in [0.3, 0.4) is 0 Å². The summed E-state index contributed by atoms with van der Waals surface area (Å²) in [4.78, 5) is 24.0. The molecule has 21 heavy (non-hydrogen) atoms. The Labute approximate surface area is 122 Å². The lowest BCUT2D eigenvalue weighted by Gasteiger charge is -2.20. The minimum Gasteiger partial charge on any atom is -0.480 e. The third-order valence-corrected chi connectivity index (χ3v) is 2.88. The number of rotatable bonds is 5. The molecule has 0 fully saturated rings. The van der Waals surface area contributed by atoms with Gasteiger partial charge in [0.15, 0.2) is 0 Å². The Hall–Kier alpha value is -2.82. The molecule has 0 saturated heterocycles. The van der Waals surface area contributed by atoms with Crippen molar-refractivity contribution >= 4 is 28.5 Å². The number of anilines is 1. The van der Waals surface area contributed by atoms with E-state index < -0.39 is 18.6 Å². The first-order chi connectivity index (χ1) is 10.1. The average molecular weight is 285 g/mol. The Bertz CT molecular complexity index is 681. The van der Waals surface area contributed by atoms with Gasteiger partial charge in [0.25, 0.3) is 0 Å². The van der Waals surface area contributed by atoms with Crippen LogP contribution in [-0.4, -0.2) is 30.3 Å². The van der Waals surface area contributed by atoms with E-state index in [-0.39, 0.29) is 6.61 Å². The number of carbonyl (C=O) groups excluding carboxylic acids is 1. The summed E-state index contributed by atoms with van der Waals surface area (Å²) >= 11 is 0. The van der Waals surface area contributed by atoms with Crippen LogP contribution < -0.4 is 4.90 Å². The standard InChI is InChI=1S/C16H15NO4/c1-2-9-21-16(20)17(11-15(18)19)14-8-7-12-5-3-4-6-13(12)10-14/h2-8,10H,1,9,11H2,(H,18,19). The number of aliphatic carboxylic acids is 1. The van der Waals surface area contributed by atoms with Crippen molar-refractivity contribution in [3.8, 4) is 0 Å². The van der Waals surface area contributed by atoms with Crippen LogP contribution in [0.5, 0.6) is 0 Å². The van der Waals surface area contributed by atoms with Gasteiger partial charge in [0, 0.05) is 5.69 Å². The number of nitrogens with zero attached hydrogens (tertiary/aromatic N) is 1. The number of benzene rings is 2. The van der Waals surface area contributed by atoms with Crippen LogP contribution in [0.4, 0.5) is 10.5 Å². The smallest absolute Gasteiger partial charge is 0.415 e. The van der Waals surface area contributed by atoms with Gasteiger partial charge in [-0.25, -0.2) is 4.79 Å². The summed E-state index contributed by atoms with van der Waals surface area (Å²) in [5.41, 5.74) is 0.477. The van der Waals surface area contributed by atoms with Gasteiger partial charge in [0.1, 0.15) is 13.2 Å². The first-order valence-corrected chi connectivity index (χ1v) is 6.37. The minimum absolute atomic E-state index is 0.0303. The average Bonchev–Trinajstić information content (AvgIpc) is 2.49. The van der Waals surface area contributed by atoms with E-state index in [1.165, 1.54) is 6.08 Å². The molecule has 5 heteroatoms. The van der Waals surface area contributed by atoms with Crippen molar-refractivity contribution in [3.63, 3.8) is 0 Å². The predicted molar refractivity (Wildman–Crippen MR) is 80.5 cm³/mol. The zero-order valence-electron chi connectivity index (χ0n) is 11.4. The van der Waals surface area contributed by atoms with Gasteiger partial charge in [0.2, 0.25) is 0 Å². The molecule has 0 saturated carbocycles. The van der Waals surface area contributed by atoms with Crippen LogP contribution in [-0.2, 0) is 9.53 Å². The number of amides is 1. The molecule has 108 valence electrons. The largest absolute Gasteiger partial charge is 0.480 e. The molecule has 0 aliphatic rings. The number of ether oxygens (including phenoxy) is 1. The monoisotopic (exact) mass is 285 g/mol. The molecule has 0 heterocycles. The number of carboxylic acid groups (broad SMARTS) is 1. The first-order valence-electron chi connectivity index (χ1n) is 6.37. The molecule has 0 aromatic heterocycles. The minimum atomic E-state index is -1.11. The van der Waals surface area contributed by atoms with Crippen molar-refractivity contribution < 1.29 is 19.4 Å². The van der Waals surface area contributed by atoms with Crippen LogP contribution >= 0.6 is 0 Å². The van der Waals surface area contributed by atoms with E-state index in [0.717, 1.165) is 15.7 Å². The van der Waals surface area contributed by atoms with E-state index in [1.54, 1.807) is 12.1 Å². The SMILES string of the molecule is C=CCOC(=O)N(CC(=O)O)c1ccc2ccccc2c1. The maximum Gasteiger partial charge on any atom is 0.415 e. The van der Waals surface area contributed by atoms with Gasteiger partial charge in [-0.05, 0) is 22.9 Å². The van der Waals surface area contributed by atoms with Gasteiger partial charge >= 0.3 is 12.1 Å². The van der Waals surface area contributed by atoms with Crippen LogP contribution in [0.15, 0.2) is 55.1 Å². The van der Waals surface area contributed by atoms with E-state index in [1.807, 2.05) is 30.3 Å². The van der Waals surface area contributed by atoms with Crippen molar-refractivity contribution in [1.29, 1.82) is 0 Å². The van der Waals surface area contributed by atoms with Gasteiger partial charge in [0.05, 0.1) is 0 Å².